The highest BCUT2D eigenvalue weighted by Gasteiger charge is 2.67. The molecule has 1 amide bonds. The van der Waals surface area contributed by atoms with Gasteiger partial charge in [0.1, 0.15) is 0 Å². The number of carboxylic acid groups (broad SMARTS) is 1. The number of rotatable bonds is 8. The average Bonchev–Trinajstić information content (AvgIpc) is 3.55. The number of hydrogen-bond donors (Lipinski definition) is 2. The second-order valence-electron chi connectivity index (χ2n) is 10.9. The summed E-state index contributed by atoms with van der Waals surface area (Å²) in [7, 11) is 0. The van der Waals surface area contributed by atoms with Gasteiger partial charge in [0.15, 0.2) is 11.5 Å². The van der Waals surface area contributed by atoms with Crippen LogP contribution in [0.2, 0.25) is 10.0 Å². The van der Waals surface area contributed by atoms with Gasteiger partial charge < -0.3 is 10.4 Å². The molecule has 2 aromatic rings. The molecule has 4 rings (SSSR count). The Labute approximate surface area is 240 Å². The molecule has 0 saturated heterocycles. The normalized spacial score (nSPS) is 23.1. The van der Waals surface area contributed by atoms with E-state index in [1.165, 1.54) is 25.1 Å². The number of alkyl halides is 6. The van der Waals surface area contributed by atoms with Crippen molar-refractivity contribution in [3.05, 3.63) is 51.3 Å². The molecule has 2 saturated carbocycles. The van der Waals surface area contributed by atoms with E-state index in [2.05, 4.69) is 5.10 Å². The van der Waals surface area contributed by atoms with Crippen LogP contribution in [-0.2, 0) is 11.0 Å². The van der Waals surface area contributed by atoms with Gasteiger partial charge in [-0.25, -0.2) is 0 Å². The molecule has 41 heavy (non-hydrogen) atoms. The third-order valence-electron chi connectivity index (χ3n) is 8.19. The molecule has 224 valence electrons. The summed E-state index contributed by atoms with van der Waals surface area (Å²) in [5.74, 6) is -3.48. The van der Waals surface area contributed by atoms with Crippen molar-refractivity contribution in [3.8, 4) is 0 Å². The first kappa shape index (κ1) is 31.1. The highest BCUT2D eigenvalue weighted by Crippen LogP contribution is 2.60. The predicted molar refractivity (Wildman–Crippen MR) is 135 cm³/mol. The number of aliphatic carboxylic acids is 1. The predicted octanol–water partition coefficient (Wildman–Crippen LogP) is 7.13. The van der Waals surface area contributed by atoms with Gasteiger partial charge >= 0.3 is 18.3 Å². The summed E-state index contributed by atoms with van der Waals surface area (Å²) in [4.78, 5) is 37.7. The number of Topliss-reactive ketones (excluding diaryl/α,β-unsaturated/α-hetero) is 1. The summed E-state index contributed by atoms with van der Waals surface area (Å²) >= 11 is 12.1. The Morgan fingerprint density at radius 2 is 1.63 bits per heavy atom. The molecule has 2 fully saturated rings. The van der Waals surface area contributed by atoms with E-state index >= 15 is 0 Å². The molecule has 1 atom stereocenters. The Kier molecular flexibility index (Phi) is 8.20. The van der Waals surface area contributed by atoms with E-state index < -0.39 is 83.4 Å². The van der Waals surface area contributed by atoms with E-state index in [1.807, 2.05) is 5.32 Å². The quantitative estimate of drug-likeness (QED) is 0.239. The van der Waals surface area contributed by atoms with Crippen molar-refractivity contribution in [1.82, 2.24) is 15.1 Å². The number of hydrogen-bond acceptors (Lipinski definition) is 4. The van der Waals surface area contributed by atoms with Crippen molar-refractivity contribution in [1.29, 1.82) is 0 Å². The molecular weight excluding hydrogens is 603 g/mol. The van der Waals surface area contributed by atoms with Gasteiger partial charge in [-0.3, -0.25) is 19.1 Å². The van der Waals surface area contributed by atoms with Crippen LogP contribution in [0, 0.1) is 10.8 Å². The fourth-order valence-corrected chi connectivity index (χ4v) is 6.03. The summed E-state index contributed by atoms with van der Waals surface area (Å²) in [5.41, 5.74) is -6.37. The standard InChI is InChI=1S/C26H25Cl2F6N3O4/c1-23(22(40)41)7-5-13(6-8-23)37-20(25(29,30)31)14(12-35-37)21(39)36-18(24(9-10-24)26(32,33)34)11-17(38)19-15(27)3-2-4-16(19)28/h2-4,12-13,18H,5-11H2,1H3,(H,36,39)(H,40,41). The molecule has 1 heterocycles. The van der Waals surface area contributed by atoms with Crippen LogP contribution in [0.1, 0.15) is 84.3 Å². The zero-order chi connectivity index (χ0) is 30.5. The van der Waals surface area contributed by atoms with E-state index in [9.17, 15) is 45.8 Å². The number of aromatic nitrogens is 2. The third kappa shape index (κ3) is 5.93. The van der Waals surface area contributed by atoms with Crippen LogP contribution in [0.15, 0.2) is 24.4 Å². The minimum absolute atomic E-state index is 0.0293. The van der Waals surface area contributed by atoms with Crippen LogP contribution < -0.4 is 5.32 Å². The number of carbonyl (C=O) groups is 3. The van der Waals surface area contributed by atoms with Crippen LogP contribution in [0.5, 0.6) is 0 Å². The second-order valence-corrected chi connectivity index (χ2v) is 11.7. The van der Waals surface area contributed by atoms with Gasteiger partial charge in [-0.1, -0.05) is 29.3 Å². The Hall–Kier alpha value is -2.80. The monoisotopic (exact) mass is 627 g/mol. The molecule has 0 spiro atoms. The Morgan fingerprint density at radius 3 is 2.10 bits per heavy atom. The minimum atomic E-state index is -5.12. The molecule has 0 bridgehead atoms. The van der Waals surface area contributed by atoms with Gasteiger partial charge in [0, 0.05) is 6.42 Å². The number of amides is 1. The van der Waals surface area contributed by atoms with Crippen molar-refractivity contribution in [3.63, 3.8) is 0 Å². The first-order valence-electron chi connectivity index (χ1n) is 12.6. The maximum atomic E-state index is 14.2. The molecule has 0 radical (unpaired) electrons. The van der Waals surface area contributed by atoms with Crippen LogP contribution in [0.3, 0.4) is 0 Å². The third-order valence-corrected chi connectivity index (χ3v) is 8.82. The van der Waals surface area contributed by atoms with Crippen molar-refractivity contribution < 1.29 is 45.8 Å². The molecular formula is C26H25Cl2F6N3O4. The van der Waals surface area contributed by atoms with E-state index in [4.69, 9.17) is 23.2 Å². The highest BCUT2D eigenvalue weighted by atomic mass is 35.5. The zero-order valence-corrected chi connectivity index (χ0v) is 23.0. The van der Waals surface area contributed by atoms with E-state index in [1.54, 1.807) is 0 Å². The molecule has 1 aromatic carbocycles. The van der Waals surface area contributed by atoms with Gasteiger partial charge in [0.25, 0.3) is 5.91 Å². The van der Waals surface area contributed by atoms with Crippen LogP contribution in [0.25, 0.3) is 0 Å². The lowest BCUT2D eigenvalue weighted by molar-refractivity contribution is -0.194. The van der Waals surface area contributed by atoms with Crippen molar-refractivity contribution in [2.45, 2.75) is 76.3 Å². The van der Waals surface area contributed by atoms with Gasteiger partial charge in [-0.15, -0.1) is 0 Å². The number of nitrogens with one attached hydrogen (secondary N) is 1. The fourth-order valence-electron chi connectivity index (χ4n) is 5.42. The van der Waals surface area contributed by atoms with Gasteiger partial charge in [0.05, 0.1) is 50.3 Å². The van der Waals surface area contributed by atoms with Crippen molar-refractivity contribution in [2.24, 2.45) is 10.8 Å². The number of carbonyl (C=O) groups excluding carboxylic acids is 2. The summed E-state index contributed by atoms with van der Waals surface area (Å²) in [6.07, 6.45) is -11.0. The fraction of sp³-hybridized carbons (Fsp3) is 0.538. The first-order valence-corrected chi connectivity index (χ1v) is 13.4. The maximum Gasteiger partial charge on any atom is 0.433 e. The molecule has 1 unspecified atom stereocenters. The summed E-state index contributed by atoms with van der Waals surface area (Å²) in [5, 5.41) is 15.0. The molecule has 2 aliphatic carbocycles. The molecule has 7 nitrogen and oxygen atoms in total. The van der Waals surface area contributed by atoms with Crippen LogP contribution >= 0.6 is 23.2 Å². The molecule has 1 aromatic heterocycles. The lowest BCUT2D eigenvalue weighted by Gasteiger charge is -2.34. The number of benzene rings is 1. The SMILES string of the molecule is CC1(C(=O)O)CCC(n2ncc(C(=O)NC(CC(=O)c3c(Cl)cccc3Cl)C3(C(F)(F)F)CC3)c2C(F)(F)F)CC1. The Morgan fingerprint density at radius 1 is 1.07 bits per heavy atom. The van der Waals surface area contributed by atoms with Crippen molar-refractivity contribution >= 4 is 40.9 Å². The average molecular weight is 628 g/mol. The Balaban J connectivity index is 1.65. The lowest BCUT2D eigenvalue weighted by atomic mass is 9.74. The largest absolute Gasteiger partial charge is 0.481 e. The number of nitrogens with zero attached hydrogens (tertiary/aromatic N) is 2. The minimum Gasteiger partial charge on any atom is -0.481 e. The number of halogens is 8. The van der Waals surface area contributed by atoms with Gasteiger partial charge in [-0.05, 0) is 57.6 Å². The second kappa shape index (κ2) is 10.8. The van der Waals surface area contributed by atoms with Crippen molar-refractivity contribution in [2.75, 3.05) is 0 Å². The van der Waals surface area contributed by atoms with Gasteiger partial charge in [0.2, 0.25) is 0 Å². The smallest absolute Gasteiger partial charge is 0.433 e. The first-order chi connectivity index (χ1) is 18.9. The molecule has 15 heteroatoms. The highest BCUT2D eigenvalue weighted by molar-refractivity contribution is 6.39. The van der Waals surface area contributed by atoms with E-state index in [0.717, 1.165) is 0 Å². The summed E-state index contributed by atoms with van der Waals surface area (Å²) in [6, 6.07) is 1.23. The topological polar surface area (TPSA) is 101 Å². The summed E-state index contributed by atoms with van der Waals surface area (Å²) in [6.45, 7) is 1.49. The van der Waals surface area contributed by atoms with E-state index in [-0.39, 0.29) is 41.3 Å². The maximum absolute atomic E-state index is 14.2. The molecule has 0 aliphatic heterocycles. The lowest BCUT2D eigenvalue weighted by Crippen LogP contribution is -2.49. The van der Waals surface area contributed by atoms with E-state index in [0.29, 0.717) is 10.9 Å². The van der Waals surface area contributed by atoms with Gasteiger partial charge in [-0.2, -0.15) is 31.4 Å². The molecule has 2 N–H and O–H groups in total. The molecule has 2 aliphatic rings. The summed E-state index contributed by atoms with van der Waals surface area (Å²) < 4.78 is 85.6. The van der Waals surface area contributed by atoms with Crippen LogP contribution in [-0.4, -0.2) is 44.8 Å². The number of ketones is 1. The zero-order valence-electron chi connectivity index (χ0n) is 21.5. The van der Waals surface area contributed by atoms with Crippen LogP contribution in [0.4, 0.5) is 26.3 Å². The Bertz CT molecular complexity index is 1340. The number of carboxylic acids is 1.